The van der Waals surface area contributed by atoms with E-state index in [2.05, 4.69) is 53.6 Å². The maximum absolute atomic E-state index is 12.1. The summed E-state index contributed by atoms with van der Waals surface area (Å²) in [6.07, 6.45) is 4.72. The third-order valence-corrected chi connectivity index (χ3v) is 5.09. The van der Waals surface area contributed by atoms with Crippen LogP contribution in [0.1, 0.15) is 51.0 Å². The number of carbonyl (C=O) groups excluding carboxylic acids is 1. The van der Waals surface area contributed by atoms with Gasteiger partial charge in [0, 0.05) is 16.1 Å². The molecule has 128 valence electrons. The zero-order valence-electron chi connectivity index (χ0n) is 14.1. The Morgan fingerprint density at radius 3 is 2.62 bits per heavy atom. The van der Waals surface area contributed by atoms with Gasteiger partial charge in [-0.2, -0.15) is 0 Å². The van der Waals surface area contributed by atoms with Crippen LogP contribution in [0.2, 0.25) is 0 Å². The van der Waals surface area contributed by atoms with Gasteiger partial charge in [-0.25, -0.2) is 0 Å². The Balaban J connectivity index is 1.56. The number of hydrogen-bond acceptors (Lipinski definition) is 5. The lowest BCUT2D eigenvalue weighted by atomic mass is 10.1. The molecule has 1 heterocycles. The summed E-state index contributed by atoms with van der Waals surface area (Å²) in [5.41, 5.74) is 1.11. The standard InChI is InChI=1S/C18H23N3O2S/c1-12(2)24-15-9-7-13(8-10-15)11-16-20-21-18(23-16)19-17(22)14-5-3-4-6-14/h7-10,12,14H,3-6,11H2,1-2H3,(H,19,21,22). The molecule has 6 heteroatoms. The van der Waals surface area contributed by atoms with Crippen molar-refractivity contribution in [1.29, 1.82) is 0 Å². The predicted molar refractivity (Wildman–Crippen MR) is 95.1 cm³/mol. The lowest BCUT2D eigenvalue weighted by Gasteiger charge is -2.06. The van der Waals surface area contributed by atoms with Crippen LogP contribution in [0.15, 0.2) is 33.6 Å². The maximum atomic E-state index is 12.1. The smallest absolute Gasteiger partial charge is 0.322 e. The molecule has 0 spiro atoms. The van der Waals surface area contributed by atoms with Crippen molar-refractivity contribution in [2.24, 2.45) is 5.92 Å². The average Bonchev–Trinajstić information content (AvgIpc) is 3.21. The number of hydrogen-bond donors (Lipinski definition) is 1. The van der Waals surface area contributed by atoms with Gasteiger partial charge < -0.3 is 4.42 Å². The molecule has 1 aliphatic rings. The summed E-state index contributed by atoms with van der Waals surface area (Å²) in [6.45, 7) is 4.36. The summed E-state index contributed by atoms with van der Waals surface area (Å²) in [5.74, 6) is 0.602. The van der Waals surface area contributed by atoms with Gasteiger partial charge >= 0.3 is 6.01 Å². The molecule has 5 nitrogen and oxygen atoms in total. The number of benzene rings is 1. The van der Waals surface area contributed by atoms with E-state index in [0.717, 1.165) is 31.2 Å². The molecule has 0 unspecified atom stereocenters. The SMILES string of the molecule is CC(C)Sc1ccc(Cc2nnc(NC(=O)C3CCCC3)o2)cc1. The van der Waals surface area contributed by atoms with Gasteiger partial charge in [0.05, 0.1) is 6.42 Å². The minimum atomic E-state index is -0.00207. The predicted octanol–water partition coefficient (Wildman–Crippen LogP) is 4.29. The first kappa shape index (κ1) is 17.0. The molecule has 24 heavy (non-hydrogen) atoms. The van der Waals surface area contributed by atoms with E-state index in [1.807, 2.05) is 11.8 Å². The van der Waals surface area contributed by atoms with Crippen molar-refractivity contribution in [2.45, 2.75) is 56.1 Å². The average molecular weight is 345 g/mol. The molecule has 1 amide bonds. The van der Waals surface area contributed by atoms with Gasteiger partial charge in [0.2, 0.25) is 11.8 Å². The maximum Gasteiger partial charge on any atom is 0.322 e. The van der Waals surface area contributed by atoms with Gasteiger partial charge in [-0.1, -0.05) is 43.9 Å². The van der Waals surface area contributed by atoms with E-state index in [-0.39, 0.29) is 17.8 Å². The van der Waals surface area contributed by atoms with E-state index in [4.69, 9.17) is 4.42 Å². The fourth-order valence-corrected chi connectivity index (χ4v) is 3.74. The number of amides is 1. The molecule has 0 radical (unpaired) electrons. The first-order valence-electron chi connectivity index (χ1n) is 8.49. The van der Waals surface area contributed by atoms with E-state index in [1.165, 1.54) is 4.90 Å². The number of carbonyl (C=O) groups is 1. The van der Waals surface area contributed by atoms with E-state index in [1.54, 1.807) is 0 Å². The molecule has 2 aromatic rings. The highest BCUT2D eigenvalue weighted by Crippen LogP contribution is 2.26. The Morgan fingerprint density at radius 2 is 1.96 bits per heavy atom. The van der Waals surface area contributed by atoms with Gasteiger partial charge in [0.1, 0.15) is 0 Å². The fourth-order valence-electron chi connectivity index (χ4n) is 2.90. The highest BCUT2D eigenvalue weighted by molar-refractivity contribution is 7.99. The van der Waals surface area contributed by atoms with Crippen molar-refractivity contribution in [1.82, 2.24) is 10.2 Å². The van der Waals surface area contributed by atoms with E-state index in [9.17, 15) is 4.79 Å². The second-order valence-electron chi connectivity index (χ2n) is 6.46. The van der Waals surface area contributed by atoms with Gasteiger partial charge in [-0.15, -0.1) is 16.9 Å². The van der Waals surface area contributed by atoms with Crippen molar-refractivity contribution < 1.29 is 9.21 Å². The number of aromatic nitrogens is 2. The Bertz CT molecular complexity index is 676. The van der Waals surface area contributed by atoms with E-state index in [0.29, 0.717) is 17.6 Å². The van der Waals surface area contributed by atoms with Crippen LogP contribution in [-0.2, 0) is 11.2 Å². The summed E-state index contributed by atoms with van der Waals surface area (Å²) < 4.78 is 5.55. The quantitative estimate of drug-likeness (QED) is 0.791. The minimum Gasteiger partial charge on any atom is -0.407 e. The van der Waals surface area contributed by atoms with Crippen molar-refractivity contribution in [3.8, 4) is 0 Å². The number of nitrogens with zero attached hydrogens (tertiary/aromatic N) is 2. The second-order valence-corrected chi connectivity index (χ2v) is 8.11. The van der Waals surface area contributed by atoms with Crippen LogP contribution < -0.4 is 5.32 Å². The first-order valence-corrected chi connectivity index (χ1v) is 9.37. The van der Waals surface area contributed by atoms with Crippen molar-refractivity contribution in [3.63, 3.8) is 0 Å². The molecule has 1 aromatic carbocycles. The van der Waals surface area contributed by atoms with Crippen LogP contribution in [0.5, 0.6) is 0 Å². The summed E-state index contributed by atoms with van der Waals surface area (Å²) in [7, 11) is 0. The molecular weight excluding hydrogens is 322 g/mol. The van der Waals surface area contributed by atoms with Crippen molar-refractivity contribution >= 4 is 23.7 Å². The van der Waals surface area contributed by atoms with Crippen LogP contribution in [0.3, 0.4) is 0 Å². The van der Waals surface area contributed by atoms with Crippen LogP contribution in [0.4, 0.5) is 6.01 Å². The molecule has 1 fully saturated rings. The van der Waals surface area contributed by atoms with Gasteiger partial charge in [0.15, 0.2) is 0 Å². The van der Waals surface area contributed by atoms with Crippen LogP contribution in [0, 0.1) is 5.92 Å². The Hall–Kier alpha value is -1.82. The zero-order chi connectivity index (χ0) is 16.9. The summed E-state index contributed by atoms with van der Waals surface area (Å²) in [4.78, 5) is 13.3. The van der Waals surface area contributed by atoms with E-state index >= 15 is 0 Å². The molecular formula is C18H23N3O2S. The third kappa shape index (κ3) is 4.60. The molecule has 0 aliphatic heterocycles. The molecule has 0 saturated heterocycles. The van der Waals surface area contributed by atoms with Crippen molar-refractivity contribution in [3.05, 3.63) is 35.7 Å². The molecule has 1 aliphatic carbocycles. The minimum absolute atomic E-state index is 0.00207. The molecule has 3 rings (SSSR count). The van der Waals surface area contributed by atoms with Crippen LogP contribution in [-0.4, -0.2) is 21.4 Å². The number of rotatable bonds is 6. The van der Waals surface area contributed by atoms with Crippen molar-refractivity contribution in [2.75, 3.05) is 5.32 Å². The highest BCUT2D eigenvalue weighted by Gasteiger charge is 2.24. The molecule has 1 saturated carbocycles. The summed E-state index contributed by atoms with van der Waals surface area (Å²) in [5, 5.41) is 11.3. The molecule has 1 aromatic heterocycles. The number of anilines is 1. The van der Waals surface area contributed by atoms with Gasteiger partial charge in [-0.3, -0.25) is 10.1 Å². The number of thioether (sulfide) groups is 1. The highest BCUT2D eigenvalue weighted by atomic mass is 32.2. The van der Waals surface area contributed by atoms with E-state index < -0.39 is 0 Å². The second kappa shape index (κ2) is 7.83. The third-order valence-electron chi connectivity index (χ3n) is 4.07. The normalized spacial score (nSPS) is 15.1. The molecule has 1 N–H and O–H groups in total. The Kier molecular flexibility index (Phi) is 5.56. The topological polar surface area (TPSA) is 68.0 Å². The Labute approximate surface area is 146 Å². The van der Waals surface area contributed by atoms with Crippen LogP contribution >= 0.6 is 11.8 Å². The fraction of sp³-hybridized carbons (Fsp3) is 0.500. The largest absolute Gasteiger partial charge is 0.407 e. The summed E-state index contributed by atoms with van der Waals surface area (Å²) in [6, 6.07) is 8.57. The Morgan fingerprint density at radius 1 is 1.25 bits per heavy atom. The zero-order valence-corrected chi connectivity index (χ0v) is 14.9. The molecule has 0 bridgehead atoms. The first-order chi connectivity index (χ1) is 11.6. The van der Waals surface area contributed by atoms with Gasteiger partial charge in [0.25, 0.3) is 0 Å². The lowest BCUT2D eigenvalue weighted by Crippen LogP contribution is -2.20. The number of nitrogens with one attached hydrogen (secondary N) is 1. The molecule has 0 atom stereocenters. The lowest BCUT2D eigenvalue weighted by molar-refractivity contribution is -0.119. The summed E-state index contributed by atoms with van der Waals surface area (Å²) >= 11 is 1.84. The monoisotopic (exact) mass is 345 g/mol. The van der Waals surface area contributed by atoms with Crippen LogP contribution in [0.25, 0.3) is 0 Å². The van der Waals surface area contributed by atoms with Gasteiger partial charge in [-0.05, 0) is 30.5 Å².